The monoisotopic (exact) mass is 500 g/mol. The summed E-state index contributed by atoms with van der Waals surface area (Å²) in [5.74, 6) is 1.89. The number of fused-ring (bicyclic) bond motifs is 3. The summed E-state index contributed by atoms with van der Waals surface area (Å²) in [6, 6.07) is 42.0. The summed E-state index contributed by atoms with van der Waals surface area (Å²) in [5.41, 5.74) is 7.09. The highest BCUT2D eigenvalue weighted by atomic mass is 16.3. The highest BCUT2D eigenvalue weighted by Gasteiger charge is 2.13. The molecule has 0 fully saturated rings. The second-order valence-electron chi connectivity index (χ2n) is 9.25. The molecule has 2 aromatic heterocycles. The lowest BCUT2D eigenvalue weighted by molar-refractivity contribution is 0.669. The lowest BCUT2D eigenvalue weighted by Crippen LogP contribution is -2.00. The Morgan fingerprint density at radius 2 is 0.923 bits per heavy atom. The number of aromatic nitrogens is 3. The maximum Gasteiger partial charge on any atom is 0.164 e. The minimum atomic E-state index is 0.613. The fraction of sp³-hybridized carbons (Fsp3) is 0. The van der Waals surface area contributed by atoms with Gasteiger partial charge in [0.25, 0.3) is 0 Å². The van der Waals surface area contributed by atoms with E-state index in [-0.39, 0.29) is 0 Å². The minimum Gasteiger partial charge on any atom is -0.456 e. The van der Waals surface area contributed by atoms with Crippen LogP contribution in [0.2, 0.25) is 0 Å². The van der Waals surface area contributed by atoms with Crippen LogP contribution in [0.3, 0.4) is 0 Å². The highest BCUT2D eigenvalue weighted by molar-refractivity contribution is 6.06. The molecule has 0 atom stereocenters. The summed E-state index contributed by atoms with van der Waals surface area (Å²) in [4.78, 5) is 14.4. The maximum atomic E-state index is 9.33. The summed E-state index contributed by atoms with van der Waals surface area (Å²) >= 11 is 0. The van der Waals surface area contributed by atoms with Crippen LogP contribution in [0.1, 0.15) is 5.56 Å². The lowest BCUT2D eigenvalue weighted by Gasteiger charge is -2.09. The molecule has 5 heteroatoms. The third kappa shape index (κ3) is 4.20. The largest absolute Gasteiger partial charge is 0.456 e. The Morgan fingerprint density at radius 3 is 1.49 bits per heavy atom. The van der Waals surface area contributed by atoms with E-state index in [4.69, 9.17) is 19.4 Å². The number of hydrogen-bond acceptors (Lipinski definition) is 5. The second-order valence-corrected chi connectivity index (χ2v) is 9.25. The first-order valence-corrected chi connectivity index (χ1v) is 12.6. The maximum absolute atomic E-state index is 9.33. The van der Waals surface area contributed by atoms with Crippen molar-refractivity contribution in [1.29, 1.82) is 5.26 Å². The zero-order chi connectivity index (χ0) is 26.2. The third-order valence-electron chi connectivity index (χ3n) is 6.77. The fourth-order valence-corrected chi connectivity index (χ4v) is 4.78. The lowest BCUT2D eigenvalue weighted by atomic mass is 10.0. The molecule has 0 bridgehead atoms. The predicted molar refractivity (Wildman–Crippen MR) is 154 cm³/mol. The molecule has 0 spiro atoms. The molecule has 2 heterocycles. The Hall–Kier alpha value is -5.60. The van der Waals surface area contributed by atoms with Crippen molar-refractivity contribution < 1.29 is 4.42 Å². The quantitative estimate of drug-likeness (QED) is 0.243. The number of benzene rings is 5. The molecule has 7 aromatic rings. The molecular formula is C34H20N4O. The molecule has 0 unspecified atom stereocenters. The van der Waals surface area contributed by atoms with Gasteiger partial charge in [-0.1, -0.05) is 91.0 Å². The Morgan fingerprint density at radius 1 is 0.462 bits per heavy atom. The number of nitriles is 1. The van der Waals surface area contributed by atoms with Gasteiger partial charge in [0, 0.05) is 27.5 Å². The molecule has 0 saturated heterocycles. The molecule has 0 radical (unpaired) electrons. The van der Waals surface area contributed by atoms with Gasteiger partial charge >= 0.3 is 0 Å². The van der Waals surface area contributed by atoms with E-state index in [1.807, 2.05) is 91.0 Å². The van der Waals surface area contributed by atoms with Gasteiger partial charge in [-0.2, -0.15) is 5.26 Å². The minimum absolute atomic E-state index is 0.613. The van der Waals surface area contributed by atoms with E-state index in [2.05, 4.69) is 30.3 Å². The number of furan rings is 1. The number of rotatable bonds is 4. The van der Waals surface area contributed by atoms with Crippen LogP contribution in [-0.4, -0.2) is 15.0 Å². The van der Waals surface area contributed by atoms with E-state index in [0.717, 1.165) is 49.8 Å². The van der Waals surface area contributed by atoms with Crippen LogP contribution in [0, 0.1) is 11.3 Å². The molecule has 0 aliphatic heterocycles. The van der Waals surface area contributed by atoms with Gasteiger partial charge in [0.15, 0.2) is 17.5 Å². The SMILES string of the molecule is N#Cc1ccc2oc3ccc(-c4ccc(-c5nc(-c6ccccc6)nc(-c6ccccc6)n5)cc4)cc3c2c1. The summed E-state index contributed by atoms with van der Waals surface area (Å²) in [6.45, 7) is 0. The summed E-state index contributed by atoms with van der Waals surface area (Å²) < 4.78 is 5.98. The average Bonchev–Trinajstić information content (AvgIpc) is 3.39. The molecule has 0 aliphatic rings. The first-order valence-electron chi connectivity index (χ1n) is 12.6. The Balaban J connectivity index is 1.30. The van der Waals surface area contributed by atoms with Crippen LogP contribution < -0.4 is 0 Å². The van der Waals surface area contributed by atoms with Gasteiger partial charge in [0.05, 0.1) is 11.6 Å². The average molecular weight is 501 g/mol. The van der Waals surface area contributed by atoms with Crippen molar-refractivity contribution in [2.45, 2.75) is 0 Å². The molecule has 182 valence electrons. The molecule has 0 saturated carbocycles. The molecule has 39 heavy (non-hydrogen) atoms. The summed E-state index contributed by atoms with van der Waals surface area (Å²) in [7, 11) is 0. The van der Waals surface area contributed by atoms with E-state index in [1.165, 1.54) is 0 Å². The van der Waals surface area contributed by atoms with Gasteiger partial charge < -0.3 is 4.42 Å². The smallest absolute Gasteiger partial charge is 0.164 e. The third-order valence-corrected chi connectivity index (χ3v) is 6.77. The van der Waals surface area contributed by atoms with Crippen LogP contribution in [0.25, 0.3) is 67.2 Å². The number of nitrogens with zero attached hydrogens (tertiary/aromatic N) is 4. The first-order chi connectivity index (χ1) is 19.2. The fourth-order valence-electron chi connectivity index (χ4n) is 4.78. The van der Waals surface area contributed by atoms with E-state index < -0.39 is 0 Å². The van der Waals surface area contributed by atoms with Crippen LogP contribution in [0.15, 0.2) is 126 Å². The van der Waals surface area contributed by atoms with Crippen LogP contribution in [0.5, 0.6) is 0 Å². The second kappa shape index (κ2) is 9.37. The number of hydrogen-bond donors (Lipinski definition) is 0. The van der Waals surface area contributed by atoms with Crippen molar-refractivity contribution in [3.05, 3.63) is 127 Å². The summed E-state index contributed by atoms with van der Waals surface area (Å²) in [6.07, 6.45) is 0. The molecule has 5 nitrogen and oxygen atoms in total. The van der Waals surface area contributed by atoms with Crippen LogP contribution in [-0.2, 0) is 0 Å². The van der Waals surface area contributed by atoms with Crippen LogP contribution in [0.4, 0.5) is 0 Å². The normalized spacial score (nSPS) is 11.1. The van der Waals surface area contributed by atoms with E-state index in [1.54, 1.807) is 6.07 Å². The first kappa shape index (κ1) is 22.6. The zero-order valence-corrected chi connectivity index (χ0v) is 20.7. The van der Waals surface area contributed by atoms with Gasteiger partial charge in [-0.25, -0.2) is 15.0 Å². The Labute approximate surface area is 224 Å². The van der Waals surface area contributed by atoms with E-state index in [9.17, 15) is 5.26 Å². The standard InChI is InChI=1S/C34H20N4O/c35-21-22-11-17-30-28(19-22)29-20-27(16-18-31(29)39-30)23-12-14-26(15-13-23)34-37-32(24-7-3-1-4-8-24)36-33(38-34)25-9-5-2-6-10-25/h1-20H. The van der Waals surface area contributed by atoms with Gasteiger partial charge in [-0.05, 0) is 41.5 Å². The van der Waals surface area contributed by atoms with Crippen molar-refractivity contribution in [3.8, 4) is 51.4 Å². The molecule has 5 aromatic carbocycles. The van der Waals surface area contributed by atoms with E-state index >= 15 is 0 Å². The van der Waals surface area contributed by atoms with Crippen molar-refractivity contribution in [3.63, 3.8) is 0 Å². The molecular weight excluding hydrogens is 480 g/mol. The van der Waals surface area contributed by atoms with Gasteiger partial charge in [0.2, 0.25) is 0 Å². The van der Waals surface area contributed by atoms with Gasteiger partial charge in [-0.15, -0.1) is 0 Å². The zero-order valence-electron chi connectivity index (χ0n) is 20.7. The van der Waals surface area contributed by atoms with Crippen molar-refractivity contribution in [2.24, 2.45) is 0 Å². The summed E-state index contributed by atoms with van der Waals surface area (Å²) in [5, 5.41) is 11.3. The van der Waals surface area contributed by atoms with Crippen LogP contribution >= 0.6 is 0 Å². The molecule has 0 aliphatic carbocycles. The van der Waals surface area contributed by atoms with Crippen molar-refractivity contribution >= 4 is 21.9 Å². The highest BCUT2D eigenvalue weighted by Crippen LogP contribution is 2.34. The van der Waals surface area contributed by atoms with Gasteiger partial charge in [0.1, 0.15) is 11.2 Å². The Kier molecular flexibility index (Phi) is 5.42. The van der Waals surface area contributed by atoms with Crippen molar-refractivity contribution in [2.75, 3.05) is 0 Å². The van der Waals surface area contributed by atoms with E-state index in [0.29, 0.717) is 23.0 Å². The van der Waals surface area contributed by atoms with Gasteiger partial charge in [-0.3, -0.25) is 0 Å². The molecule has 0 amide bonds. The predicted octanol–water partition coefficient (Wildman–Crippen LogP) is 8.31. The topological polar surface area (TPSA) is 75.6 Å². The Bertz CT molecular complexity index is 1950. The molecule has 0 N–H and O–H groups in total. The molecule has 7 rings (SSSR count). The van der Waals surface area contributed by atoms with Crippen molar-refractivity contribution in [1.82, 2.24) is 15.0 Å².